The van der Waals surface area contributed by atoms with Gasteiger partial charge in [0, 0.05) is 6.42 Å². The second-order valence-electron chi connectivity index (χ2n) is 3.35. The average molecular weight is 197 g/mol. The maximum Gasteiger partial charge on any atom is 0.221 e. The Bertz CT molecular complexity index is 269. The first-order valence-corrected chi connectivity index (χ1v) is 4.78. The summed E-state index contributed by atoms with van der Waals surface area (Å²) in [5.74, 6) is 0.326. The van der Waals surface area contributed by atoms with Gasteiger partial charge in [-0.15, -0.1) is 0 Å². The Balaban J connectivity index is 2.45. The van der Waals surface area contributed by atoms with Crippen LogP contribution in [0.25, 0.3) is 0 Å². The highest BCUT2D eigenvalue weighted by Crippen LogP contribution is 2.12. The van der Waals surface area contributed by atoms with Gasteiger partial charge in [-0.3, -0.25) is 4.79 Å². The molecule has 1 nitrogen and oxygen atoms in total. The molecule has 2 heteroatoms. The third-order valence-corrected chi connectivity index (χ3v) is 2.09. The summed E-state index contributed by atoms with van der Waals surface area (Å²) in [6.07, 6.45) is 1.37. The molecule has 70 valence electrons. The molecule has 0 aliphatic carbocycles. The molecule has 1 aromatic rings. The van der Waals surface area contributed by atoms with Crippen molar-refractivity contribution in [1.29, 1.82) is 0 Å². The highest BCUT2D eigenvalue weighted by molar-refractivity contribution is 6.63. The smallest absolute Gasteiger partial charge is 0.221 e. The van der Waals surface area contributed by atoms with Gasteiger partial charge in [-0.25, -0.2) is 0 Å². The SMILES string of the molecule is CC(CC(=O)Cl)Cc1ccccc1. The van der Waals surface area contributed by atoms with E-state index in [1.807, 2.05) is 25.1 Å². The van der Waals surface area contributed by atoms with E-state index in [1.165, 1.54) is 5.56 Å². The van der Waals surface area contributed by atoms with E-state index in [-0.39, 0.29) is 5.24 Å². The molecule has 0 aliphatic rings. The summed E-state index contributed by atoms with van der Waals surface area (Å²) in [6, 6.07) is 10.1. The van der Waals surface area contributed by atoms with Crippen molar-refractivity contribution >= 4 is 16.8 Å². The number of hydrogen-bond acceptors (Lipinski definition) is 1. The van der Waals surface area contributed by atoms with Crippen molar-refractivity contribution in [3.05, 3.63) is 35.9 Å². The first-order chi connectivity index (χ1) is 6.18. The molecule has 0 spiro atoms. The van der Waals surface area contributed by atoms with Crippen LogP contribution < -0.4 is 0 Å². The van der Waals surface area contributed by atoms with Crippen molar-refractivity contribution in [2.24, 2.45) is 5.92 Å². The molecule has 13 heavy (non-hydrogen) atoms. The van der Waals surface area contributed by atoms with Crippen LogP contribution in [0.5, 0.6) is 0 Å². The van der Waals surface area contributed by atoms with E-state index in [9.17, 15) is 4.79 Å². The van der Waals surface area contributed by atoms with Crippen molar-refractivity contribution < 1.29 is 4.79 Å². The second kappa shape index (κ2) is 5.03. The first kappa shape index (κ1) is 10.3. The summed E-state index contributed by atoms with van der Waals surface area (Å²) in [7, 11) is 0. The van der Waals surface area contributed by atoms with Gasteiger partial charge in [0.25, 0.3) is 0 Å². The molecule has 0 heterocycles. The predicted octanol–water partition coefficient (Wildman–Crippen LogP) is 3.02. The molecule has 1 aromatic carbocycles. The molecular formula is C11H13ClO. The van der Waals surface area contributed by atoms with Gasteiger partial charge in [0.15, 0.2) is 0 Å². The van der Waals surface area contributed by atoms with E-state index in [1.54, 1.807) is 0 Å². The molecule has 0 radical (unpaired) electrons. The van der Waals surface area contributed by atoms with E-state index < -0.39 is 0 Å². The van der Waals surface area contributed by atoms with Gasteiger partial charge in [0.2, 0.25) is 5.24 Å². The molecule has 0 bridgehead atoms. The topological polar surface area (TPSA) is 17.1 Å². The van der Waals surface area contributed by atoms with Crippen LogP contribution in [0.2, 0.25) is 0 Å². The van der Waals surface area contributed by atoms with Gasteiger partial charge >= 0.3 is 0 Å². The normalized spacial score (nSPS) is 12.5. The van der Waals surface area contributed by atoms with Crippen molar-refractivity contribution in [1.82, 2.24) is 0 Å². The van der Waals surface area contributed by atoms with Crippen LogP contribution in [0.1, 0.15) is 18.9 Å². The third-order valence-electron chi connectivity index (χ3n) is 1.94. The lowest BCUT2D eigenvalue weighted by atomic mass is 9.99. The third kappa shape index (κ3) is 4.09. The fraction of sp³-hybridized carbons (Fsp3) is 0.364. The fourth-order valence-corrected chi connectivity index (χ4v) is 1.63. The van der Waals surface area contributed by atoms with Crippen LogP contribution in [0.15, 0.2) is 30.3 Å². The molecule has 1 rings (SSSR count). The summed E-state index contributed by atoms with van der Waals surface area (Å²) in [5, 5.41) is -0.247. The molecule has 0 saturated heterocycles. The van der Waals surface area contributed by atoms with Crippen molar-refractivity contribution in [3.63, 3.8) is 0 Å². The predicted molar refractivity (Wildman–Crippen MR) is 54.8 cm³/mol. The molecule has 1 unspecified atom stereocenters. The standard InChI is InChI=1S/C11H13ClO/c1-9(8-11(12)13)7-10-5-3-2-4-6-10/h2-6,9H,7-8H2,1H3. The zero-order valence-electron chi connectivity index (χ0n) is 7.66. The van der Waals surface area contributed by atoms with Crippen LogP contribution in [0, 0.1) is 5.92 Å². The van der Waals surface area contributed by atoms with Crippen molar-refractivity contribution in [2.45, 2.75) is 19.8 Å². The minimum absolute atomic E-state index is 0.247. The Hall–Kier alpha value is -0.820. The van der Waals surface area contributed by atoms with Gasteiger partial charge in [0.1, 0.15) is 0 Å². The summed E-state index contributed by atoms with van der Waals surface area (Å²) >= 11 is 5.30. The number of hydrogen-bond donors (Lipinski definition) is 0. The Kier molecular flexibility index (Phi) is 3.97. The van der Waals surface area contributed by atoms with Gasteiger partial charge in [-0.2, -0.15) is 0 Å². The zero-order valence-corrected chi connectivity index (χ0v) is 8.42. The summed E-state index contributed by atoms with van der Waals surface area (Å²) in [5.41, 5.74) is 1.26. The largest absolute Gasteiger partial charge is 0.281 e. The van der Waals surface area contributed by atoms with Crippen LogP contribution in [0.4, 0.5) is 0 Å². The van der Waals surface area contributed by atoms with E-state index in [4.69, 9.17) is 11.6 Å². The van der Waals surface area contributed by atoms with E-state index in [2.05, 4.69) is 12.1 Å². The molecule has 0 aliphatic heterocycles. The summed E-state index contributed by atoms with van der Waals surface area (Å²) in [6.45, 7) is 2.04. The lowest BCUT2D eigenvalue weighted by Gasteiger charge is -2.07. The number of halogens is 1. The molecule has 1 atom stereocenters. The number of carbonyl (C=O) groups is 1. The Morgan fingerprint density at radius 2 is 2.00 bits per heavy atom. The molecule has 0 fully saturated rings. The van der Waals surface area contributed by atoms with Crippen LogP contribution in [0.3, 0.4) is 0 Å². The van der Waals surface area contributed by atoms with E-state index >= 15 is 0 Å². The summed E-state index contributed by atoms with van der Waals surface area (Å²) < 4.78 is 0. The highest BCUT2D eigenvalue weighted by atomic mass is 35.5. The van der Waals surface area contributed by atoms with Crippen LogP contribution in [-0.2, 0) is 11.2 Å². The van der Waals surface area contributed by atoms with Gasteiger partial charge < -0.3 is 0 Å². The van der Waals surface area contributed by atoms with Crippen molar-refractivity contribution in [3.8, 4) is 0 Å². The lowest BCUT2D eigenvalue weighted by Crippen LogP contribution is -2.03. The molecular weight excluding hydrogens is 184 g/mol. The van der Waals surface area contributed by atoms with Gasteiger partial charge in [-0.1, -0.05) is 37.3 Å². The minimum Gasteiger partial charge on any atom is -0.281 e. The van der Waals surface area contributed by atoms with E-state index in [0.717, 1.165) is 6.42 Å². The molecule has 0 saturated carbocycles. The number of benzene rings is 1. The number of rotatable bonds is 4. The van der Waals surface area contributed by atoms with Crippen molar-refractivity contribution in [2.75, 3.05) is 0 Å². The Morgan fingerprint density at radius 3 is 2.54 bits per heavy atom. The maximum absolute atomic E-state index is 10.6. The highest BCUT2D eigenvalue weighted by Gasteiger charge is 2.06. The van der Waals surface area contributed by atoms with Gasteiger partial charge in [-0.05, 0) is 29.5 Å². The quantitative estimate of drug-likeness (QED) is 0.677. The zero-order chi connectivity index (χ0) is 9.68. The average Bonchev–Trinajstić information content (AvgIpc) is 2.04. The Morgan fingerprint density at radius 1 is 1.38 bits per heavy atom. The van der Waals surface area contributed by atoms with Gasteiger partial charge in [0.05, 0.1) is 0 Å². The Labute approximate surface area is 83.7 Å². The fourth-order valence-electron chi connectivity index (χ4n) is 1.36. The molecule has 0 N–H and O–H groups in total. The monoisotopic (exact) mass is 196 g/mol. The van der Waals surface area contributed by atoms with Crippen LogP contribution >= 0.6 is 11.6 Å². The van der Waals surface area contributed by atoms with Crippen LogP contribution in [-0.4, -0.2) is 5.24 Å². The molecule has 0 amide bonds. The second-order valence-corrected chi connectivity index (χ2v) is 3.78. The minimum atomic E-state index is -0.247. The summed E-state index contributed by atoms with van der Waals surface area (Å²) in [4.78, 5) is 10.6. The van der Waals surface area contributed by atoms with E-state index in [0.29, 0.717) is 12.3 Å². The number of carbonyl (C=O) groups excluding carboxylic acids is 1. The first-order valence-electron chi connectivity index (χ1n) is 4.40. The molecule has 0 aromatic heterocycles. The lowest BCUT2D eigenvalue weighted by molar-refractivity contribution is -0.112. The maximum atomic E-state index is 10.6.